The minimum Gasteiger partial charge on any atom is -0.462 e. The minimum absolute atomic E-state index is 0.0131. The van der Waals surface area contributed by atoms with Crippen LogP contribution in [0.3, 0.4) is 0 Å². The van der Waals surface area contributed by atoms with Crippen molar-refractivity contribution in [2.75, 3.05) is 0 Å². The topological polar surface area (TPSA) is 35.5 Å². The Balaban J connectivity index is 1.90. The molecule has 3 rings (SSSR count). The number of ether oxygens (including phenoxy) is 2. The van der Waals surface area contributed by atoms with Gasteiger partial charge in [-0.15, -0.1) is 6.58 Å². The van der Waals surface area contributed by atoms with Gasteiger partial charge in [0.25, 0.3) is 0 Å². The third-order valence-electron chi connectivity index (χ3n) is 8.07. The Hall–Kier alpha value is -0.830. The molecule has 2 saturated carbocycles. The average molecular weight is 349 g/mol. The third-order valence-corrected chi connectivity index (χ3v) is 8.07. The van der Waals surface area contributed by atoms with Crippen molar-refractivity contribution in [3.63, 3.8) is 0 Å². The van der Waals surface area contributed by atoms with E-state index in [1.54, 1.807) is 0 Å². The van der Waals surface area contributed by atoms with Gasteiger partial charge in [0, 0.05) is 12.3 Å². The van der Waals surface area contributed by atoms with E-state index in [9.17, 15) is 4.79 Å². The molecule has 0 amide bonds. The van der Waals surface area contributed by atoms with Gasteiger partial charge in [0.05, 0.1) is 11.2 Å². The second-order valence-corrected chi connectivity index (χ2v) is 10.1. The van der Waals surface area contributed by atoms with Gasteiger partial charge in [-0.1, -0.05) is 26.8 Å². The smallest absolute Gasteiger partial charge is 0.302 e. The van der Waals surface area contributed by atoms with Crippen LogP contribution in [0.2, 0.25) is 0 Å². The third kappa shape index (κ3) is 2.87. The lowest BCUT2D eigenvalue weighted by Crippen LogP contribution is -2.64. The molecule has 0 bridgehead atoms. The predicted octanol–water partition coefficient (Wildman–Crippen LogP) is 5.28. The summed E-state index contributed by atoms with van der Waals surface area (Å²) >= 11 is 0. The minimum atomic E-state index is -0.196. The van der Waals surface area contributed by atoms with E-state index in [0.717, 1.165) is 32.1 Å². The van der Waals surface area contributed by atoms with Crippen LogP contribution in [0.4, 0.5) is 0 Å². The summed E-state index contributed by atoms with van der Waals surface area (Å²) in [5.74, 6) is 0.974. The zero-order chi connectivity index (χ0) is 18.7. The molecule has 6 atom stereocenters. The molecular weight excluding hydrogens is 312 g/mol. The average Bonchev–Trinajstić information content (AvgIpc) is 2.49. The van der Waals surface area contributed by atoms with Crippen molar-refractivity contribution < 1.29 is 14.3 Å². The lowest BCUT2D eigenvalue weighted by atomic mass is 9.44. The van der Waals surface area contributed by atoms with Gasteiger partial charge in [0.2, 0.25) is 0 Å². The second kappa shape index (κ2) is 5.84. The predicted molar refractivity (Wildman–Crippen MR) is 100 cm³/mol. The number of esters is 1. The van der Waals surface area contributed by atoms with Gasteiger partial charge < -0.3 is 9.47 Å². The highest BCUT2D eigenvalue weighted by atomic mass is 16.5. The Morgan fingerprint density at radius 2 is 1.68 bits per heavy atom. The molecular formula is C22H36O3. The number of hydrogen-bond donors (Lipinski definition) is 0. The molecule has 0 unspecified atom stereocenters. The van der Waals surface area contributed by atoms with E-state index in [1.807, 2.05) is 6.08 Å². The maximum atomic E-state index is 11.6. The molecule has 0 radical (unpaired) electrons. The largest absolute Gasteiger partial charge is 0.462 e. The van der Waals surface area contributed by atoms with Crippen molar-refractivity contribution in [1.29, 1.82) is 0 Å². The van der Waals surface area contributed by atoms with Gasteiger partial charge in [0.1, 0.15) is 6.10 Å². The van der Waals surface area contributed by atoms with E-state index >= 15 is 0 Å². The van der Waals surface area contributed by atoms with Gasteiger partial charge >= 0.3 is 5.97 Å². The van der Waals surface area contributed by atoms with E-state index in [2.05, 4.69) is 41.2 Å². The van der Waals surface area contributed by atoms with Crippen molar-refractivity contribution in [3.05, 3.63) is 12.7 Å². The van der Waals surface area contributed by atoms with Crippen molar-refractivity contribution in [3.8, 4) is 0 Å². The first-order valence-corrected chi connectivity index (χ1v) is 9.98. The van der Waals surface area contributed by atoms with Crippen LogP contribution in [0.1, 0.15) is 80.1 Å². The first kappa shape index (κ1) is 18.9. The Morgan fingerprint density at radius 1 is 1.04 bits per heavy atom. The van der Waals surface area contributed by atoms with Crippen LogP contribution < -0.4 is 0 Å². The summed E-state index contributed by atoms with van der Waals surface area (Å²) in [7, 11) is 0. The van der Waals surface area contributed by atoms with Crippen molar-refractivity contribution >= 4 is 5.97 Å². The number of carbonyl (C=O) groups is 1. The van der Waals surface area contributed by atoms with Crippen LogP contribution in [-0.4, -0.2) is 23.3 Å². The van der Waals surface area contributed by atoms with Crippen molar-refractivity contribution in [2.45, 2.75) is 97.4 Å². The molecule has 0 N–H and O–H groups in total. The fraction of sp³-hybridized carbons (Fsp3) is 0.864. The normalized spacial score (nSPS) is 48.8. The monoisotopic (exact) mass is 348 g/mol. The van der Waals surface area contributed by atoms with Crippen molar-refractivity contribution in [2.24, 2.45) is 22.7 Å². The van der Waals surface area contributed by atoms with Gasteiger partial charge in [-0.05, 0) is 69.6 Å². The highest BCUT2D eigenvalue weighted by Gasteiger charge is 2.63. The number of hydrogen-bond acceptors (Lipinski definition) is 3. The molecule has 3 fully saturated rings. The SMILES string of the molecule is C=C[C@@]1(C)CC[C@@H]2[C@]3(C)CC[C@H](OC(C)=O)C(C)(C)[C@H]3CC[C@]2(C)O1. The van der Waals surface area contributed by atoms with Gasteiger partial charge in [-0.3, -0.25) is 4.79 Å². The fourth-order valence-electron chi connectivity index (χ4n) is 6.81. The van der Waals surface area contributed by atoms with Gasteiger partial charge in [0.15, 0.2) is 0 Å². The maximum absolute atomic E-state index is 11.6. The van der Waals surface area contributed by atoms with Crippen LogP contribution in [0.25, 0.3) is 0 Å². The summed E-state index contributed by atoms with van der Waals surface area (Å²) in [5, 5.41) is 0. The molecule has 1 heterocycles. The zero-order valence-electron chi connectivity index (χ0n) is 17.0. The highest BCUT2D eigenvalue weighted by molar-refractivity contribution is 5.66. The van der Waals surface area contributed by atoms with E-state index < -0.39 is 0 Å². The zero-order valence-corrected chi connectivity index (χ0v) is 17.0. The first-order valence-electron chi connectivity index (χ1n) is 9.98. The molecule has 0 aromatic heterocycles. The summed E-state index contributed by atoms with van der Waals surface area (Å²) in [6, 6.07) is 0. The Bertz CT molecular complexity index is 568. The first-order chi connectivity index (χ1) is 11.5. The molecule has 0 aromatic carbocycles. The molecule has 3 nitrogen and oxygen atoms in total. The molecule has 142 valence electrons. The molecule has 1 saturated heterocycles. The van der Waals surface area contributed by atoms with Gasteiger partial charge in [-0.2, -0.15) is 0 Å². The molecule has 25 heavy (non-hydrogen) atoms. The molecule has 2 aliphatic carbocycles. The molecule has 1 aliphatic heterocycles. The number of carbonyl (C=O) groups excluding carboxylic acids is 1. The Kier molecular flexibility index (Phi) is 4.42. The van der Waals surface area contributed by atoms with Crippen LogP contribution >= 0.6 is 0 Å². The molecule has 3 heteroatoms. The lowest BCUT2D eigenvalue weighted by molar-refractivity contribution is -0.263. The summed E-state index contributed by atoms with van der Waals surface area (Å²) in [6.45, 7) is 17.1. The van der Waals surface area contributed by atoms with E-state index in [0.29, 0.717) is 11.8 Å². The maximum Gasteiger partial charge on any atom is 0.302 e. The quantitative estimate of drug-likeness (QED) is 0.503. The van der Waals surface area contributed by atoms with Crippen LogP contribution in [-0.2, 0) is 14.3 Å². The van der Waals surface area contributed by atoms with E-state index in [4.69, 9.17) is 9.47 Å². The van der Waals surface area contributed by atoms with E-state index in [-0.39, 0.29) is 34.1 Å². The summed E-state index contributed by atoms with van der Waals surface area (Å²) in [5.41, 5.74) is -0.00939. The van der Waals surface area contributed by atoms with Gasteiger partial charge in [-0.25, -0.2) is 0 Å². The Labute approximate surface area is 153 Å². The second-order valence-electron chi connectivity index (χ2n) is 10.1. The van der Waals surface area contributed by atoms with E-state index in [1.165, 1.54) is 13.3 Å². The summed E-state index contributed by atoms with van der Waals surface area (Å²) in [6.07, 6.45) is 8.57. The van der Waals surface area contributed by atoms with Crippen LogP contribution in [0.5, 0.6) is 0 Å². The molecule has 3 aliphatic rings. The van der Waals surface area contributed by atoms with Crippen LogP contribution in [0.15, 0.2) is 12.7 Å². The Morgan fingerprint density at radius 3 is 2.28 bits per heavy atom. The summed E-state index contributed by atoms with van der Waals surface area (Å²) in [4.78, 5) is 11.6. The fourth-order valence-corrected chi connectivity index (χ4v) is 6.81. The highest BCUT2D eigenvalue weighted by Crippen LogP contribution is 2.65. The van der Waals surface area contributed by atoms with Crippen molar-refractivity contribution in [1.82, 2.24) is 0 Å². The molecule has 0 aromatic rings. The number of fused-ring (bicyclic) bond motifs is 3. The lowest BCUT2D eigenvalue weighted by Gasteiger charge is -2.66. The number of rotatable bonds is 2. The van der Waals surface area contributed by atoms with Crippen LogP contribution in [0, 0.1) is 22.7 Å². The standard InChI is InChI=1S/C22H36O3/c1-8-20(5)12-9-17-21(6)13-11-18(24-15(2)23)19(3,4)16(21)10-14-22(17,7)25-20/h8,16-18H,1,9-14H2,2-7H3/t16-,17-,18+,20+,21-,22+/m1/s1. The molecule has 0 spiro atoms. The summed E-state index contributed by atoms with van der Waals surface area (Å²) < 4.78 is 12.4.